The van der Waals surface area contributed by atoms with Gasteiger partial charge in [0.25, 0.3) is 0 Å². The van der Waals surface area contributed by atoms with Crippen LogP contribution in [0.3, 0.4) is 0 Å². The van der Waals surface area contributed by atoms with E-state index in [1.54, 1.807) is 0 Å². The van der Waals surface area contributed by atoms with E-state index in [4.69, 9.17) is 32.8 Å². The van der Waals surface area contributed by atoms with E-state index in [0.29, 0.717) is 5.39 Å². The number of hydrogen-bond donors (Lipinski definition) is 5. The van der Waals surface area contributed by atoms with Gasteiger partial charge in [-0.15, -0.1) is 0 Å². The Morgan fingerprint density at radius 3 is 2.34 bits per heavy atom. The summed E-state index contributed by atoms with van der Waals surface area (Å²) in [6.07, 6.45) is -14.4. The number of aliphatic hydroxyl groups excluding tert-OH is 5. The van der Waals surface area contributed by atoms with Gasteiger partial charge >= 0.3 is 11.6 Å². The van der Waals surface area contributed by atoms with E-state index < -0.39 is 79.6 Å². The molecule has 210 valence electrons. The maximum absolute atomic E-state index is 11.7. The highest BCUT2D eigenvalue weighted by molar-refractivity contribution is 5.80. The minimum Gasteiger partial charge on any atom is -0.493 e. The number of rotatable bonds is 7. The van der Waals surface area contributed by atoms with Gasteiger partial charge < -0.3 is 58.4 Å². The summed E-state index contributed by atoms with van der Waals surface area (Å²) in [5.74, 6) is -0.577. The highest BCUT2D eigenvalue weighted by atomic mass is 16.7. The molecule has 0 aliphatic carbocycles. The zero-order valence-corrected chi connectivity index (χ0v) is 20.7. The van der Waals surface area contributed by atoms with Crippen molar-refractivity contribution in [2.75, 3.05) is 13.7 Å². The Hall–Kier alpha value is -2.82. The predicted molar refractivity (Wildman–Crippen MR) is 124 cm³/mol. The summed E-state index contributed by atoms with van der Waals surface area (Å²) in [7, 11) is 1.37. The average Bonchev–Trinajstić information content (AvgIpc) is 2.88. The molecular formula is C24H30O14. The van der Waals surface area contributed by atoms with Gasteiger partial charge in [0.1, 0.15) is 42.2 Å². The molecule has 0 spiro atoms. The Morgan fingerprint density at radius 2 is 1.66 bits per heavy atom. The van der Waals surface area contributed by atoms with Gasteiger partial charge in [0.05, 0.1) is 19.8 Å². The SMILES string of the molecule is COc1cc2ccc(=O)oc2cc1O[C@H]1O[C@@H](CO[C@@H]2O[C@H](C)[C@H](O)[C@H](O)[C@@H]2O)[C@H](O)[C@@H](O)[C@@H]1OC(C)=O. The molecule has 0 amide bonds. The minimum absolute atomic E-state index is 0.0109. The second kappa shape index (κ2) is 11.5. The zero-order chi connectivity index (χ0) is 27.7. The standard InChI is InChI=1S/C24H30O14/c1-9-17(27)19(29)21(31)23(34-9)33-8-15-18(28)20(30)22(35-10(2)25)24(38-15)37-14-7-12-11(6-13(14)32-3)4-5-16(26)36-12/h4-7,9,15,17-24,27-31H,8H2,1-3H3/t9-,15+,17+,18+,19+,20-,21+,22+,23-,24+/m1/s1. The van der Waals surface area contributed by atoms with Crippen molar-refractivity contribution in [3.63, 3.8) is 0 Å². The van der Waals surface area contributed by atoms with Crippen molar-refractivity contribution in [1.29, 1.82) is 0 Å². The molecule has 0 unspecified atom stereocenters. The fraction of sp³-hybridized carbons (Fsp3) is 0.583. The van der Waals surface area contributed by atoms with Crippen molar-refractivity contribution in [3.05, 3.63) is 34.7 Å². The Morgan fingerprint density at radius 1 is 0.921 bits per heavy atom. The van der Waals surface area contributed by atoms with Crippen LogP contribution < -0.4 is 15.1 Å². The molecular weight excluding hydrogens is 512 g/mol. The van der Waals surface area contributed by atoms with E-state index in [1.807, 2.05) is 0 Å². The largest absolute Gasteiger partial charge is 0.493 e. The van der Waals surface area contributed by atoms with E-state index >= 15 is 0 Å². The molecule has 5 N–H and O–H groups in total. The third kappa shape index (κ3) is 5.77. The molecule has 2 aromatic rings. The summed E-state index contributed by atoms with van der Waals surface area (Å²) in [6.45, 7) is 2.10. The van der Waals surface area contributed by atoms with Crippen LogP contribution in [0.4, 0.5) is 0 Å². The first kappa shape index (κ1) is 28.2. The van der Waals surface area contributed by atoms with Crippen LogP contribution in [0.5, 0.6) is 11.5 Å². The lowest BCUT2D eigenvalue weighted by Gasteiger charge is -2.43. The van der Waals surface area contributed by atoms with E-state index in [2.05, 4.69) is 0 Å². The Balaban J connectivity index is 1.57. The maximum Gasteiger partial charge on any atom is 0.336 e. The van der Waals surface area contributed by atoms with Crippen molar-refractivity contribution in [2.45, 2.75) is 75.3 Å². The number of benzene rings is 1. The van der Waals surface area contributed by atoms with E-state index in [9.17, 15) is 35.1 Å². The predicted octanol–water partition coefficient (Wildman–Crippen LogP) is -1.60. The van der Waals surface area contributed by atoms with Crippen molar-refractivity contribution in [3.8, 4) is 11.5 Å². The van der Waals surface area contributed by atoms with Gasteiger partial charge in [-0.2, -0.15) is 0 Å². The molecule has 1 aromatic heterocycles. The molecule has 1 aromatic carbocycles. The summed E-state index contributed by atoms with van der Waals surface area (Å²) >= 11 is 0. The number of ether oxygens (including phenoxy) is 6. The van der Waals surface area contributed by atoms with E-state index in [0.717, 1.165) is 6.92 Å². The lowest BCUT2D eigenvalue weighted by atomic mass is 9.98. The molecule has 3 heterocycles. The molecule has 2 aliphatic heterocycles. The highest BCUT2D eigenvalue weighted by Crippen LogP contribution is 2.35. The maximum atomic E-state index is 11.7. The number of methoxy groups -OCH3 is 1. The lowest BCUT2D eigenvalue weighted by molar-refractivity contribution is -0.319. The fourth-order valence-corrected chi connectivity index (χ4v) is 4.25. The smallest absolute Gasteiger partial charge is 0.336 e. The van der Waals surface area contributed by atoms with Crippen molar-refractivity contribution in [1.82, 2.24) is 0 Å². The van der Waals surface area contributed by atoms with Gasteiger partial charge in [-0.25, -0.2) is 4.79 Å². The lowest BCUT2D eigenvalue weighted by Crippen LogP contribution is -2.62. The van der Waals surface area contributed by atoms with E-state index in [-0.39, 0.29) is 17.1 Å². The topological polar surface area (TPSA) is 204 Å². The number of hydrogen-bond acceptors (Lipinski definition) is 14. The number of carbonyl (C=O) groups is 1. The zero-order valence-electron chi connectivity index (χ0n) is 20.7. The molecule has 14 heteroatoms. The van der Waals surface area contributed by atoms with Gasteiger partial charge in [0.15, 0.2) is 23.9 Å². The molecule has 2 aliphatic rings. The van der Waals surface area contributed by atoms with Crippen LogP contribution in [0.25, 0.3) is 11.0 Å². The first-order valence-corrected chi connectivity index (χ1v) is 11.8. The number of carbonyl (C=O) groups excluding carboxylic acids is 1. The number of fused-ring (bicyclic) bond motifs is 1. The van der Waals surface area contributed by atoms with E-state index in [1.165, 1.54) is 38.3 Å². The van der Waals surface area contributed by atoms with Crippen LogP contribution in [-0.2, 0) is 23.7 Å². The first-order chi connectivity index (χ1) is 18.0. The molecule has 2 fully saturated rings. The Labute approximate surface area is 215 Å². The summed E-state index contributed by atoms with van der Waals surface area (Å²) in [5.41, 5.74) is -0.443. The van der Waals surface area contributed by atoms with Gasteiger partial charge in [-0.1, -0.05) is 0 Å². The second-order valence-corrected chi connectivity index (χ2v) is 9.03. The molecule has 0 radical (unpaired) electrons. The quantitative estimate of drug-likeness (QED) is 0.198. The van der Waals surface area contributed by atoms with Crippen molar-refractivity contribution in [2.24, 2.45) is 0 Å². The number of aliphatic hydroxyl groups is 5. The summed E-state index contributed by atoms with van der Waals surface area (Å²) < 4.78 is 38.2. The second-order valence-electron chi connectivity index (χ2n) is 9.03. The highest BCUT2D eigenvalue weighted by Gasteiger charge is 2.49. The van der Waals surface area contributed by atoms with Gasteiger partial charge in [0, 0.05) is 24.4 Å². The molecule has 0 saturated carbocycles. The van der Waals surface area contributed by atoms with Gasteiger partial charge in [-0.05, 0) is 19.1 Å². The number of esters is 1. The van der Waals surface area contributed by atoms with Crippen LogP contribution in [0.15, 0.2) is 33.5 Å². The molecule has 10 atom stereocenters. The molecule has 14 nitrogen and oxygen atoms in total. The normalized spacial score (nSPS) is 35.6. The monoisotopic (exact) mass is 542 g/mol. The first-order valence-electron chi connectivity index (χ1n) is 11.8. The summed E-state index contributed by atoms with van der Waals surface area (Å²) in [5, 5.41) is 52.0. The third-order valence-corrected chi connectivity index (χ3v) is 6.33. The molecule has 4 rings (SSSR count). The van der Waals surface area contributed by atoms with Crippen molar-refractivity contribution >= 4 is 16.9 Å². The van der Waals surface area contributed by atoms with Crippen LogP contribution in [-0.4, -0.2) is 107 Å². The third-order valence-electron chi connectivity index (χ3n) is 6.33. The Kier molecular flexibility index (Phi) is 8.54. The van der Waals surface area contributed by atoms with Crippen LogP contribution in [0, 0.1) is 0 Å². The van der Waals surface area contributed by atoms with Crippen LogP contribution in [0.1, 0.15) is 13.8 Å². The van der Waals surface area contributed by atoms with Gasteiger partial charge in [0.2, 0.25) is 6.29 Å². The van der Waals surface area contributed by atoms with Gasteiger partial charge in [-0.3, -0.25) is 4.79 Å². The molecule has 0 bridgehead atoms. The summed E-state index contributed by atoms with van der Waals surface area (Å²) in [4.78, 5) is 23.4. The summed E-state index contributed by atoms with van der Waals surface area (Å²) in [6, 6.07) is 5.65. The van der Waals surface area contributed by atoms with Crippen molar-refractivity contribution < 1.29 is 63.2 Å². The molecule has 38 heavy (non-hydrogen) atoms. The Bertz CT molecular complexity index is 1180. The van der Waals surface area contributed by atoms with Crippen LogP contribution >= 0.6 is 0 Å². The minimum atomic E-state index is -1.70. The molecule has 2 saturated heterocycles. The average molecular weight is 542 g/mol. The van der Waals surface area contributed by atoms with Crippen LogP contribution in [0.2, 0.25) is 0 Å². The fourth-order valence-electron chi connectivity index (χ4n) is 4.25.